The quantitative estimate of drug-likeness (QED) is 0.295. The maximum Gasteiger partial charge on any atom is 0.283 e. The van der Waals surface area contributed by atoms with Gasteiger partial charge in [0.25, 0.3) is 12.1 Å². The molecule has 3 aromatic rings. The summed E-state index contributed by atoms with van der Waals surface area (Å²) in [5.41, 5.74) is -0.782. The normalized spacial score (nSPS) is 11.0. The number of nitrogens with zero attached hydrogens (tertiary/aromatic N) is 3. The second-order valence-corrected chi connectivity index (χ2v) is 7.66. The highest BCUT2D eigenvalue weighted by Gasteiger charge is 2.22. The van der Waals surface area contributed by atoms with Crippen LogP contribution in [0.4, 0.5) is 20.2 Å². The van der Waals surface area contributed by atoms with Crippen LogP contribution in [0, 0.1) is 17.0 Å². The summed E-state index contributed by atoms with van der Waals surface area (Å²) in [6.45, 7) is 0.990. The summed E-state index contributed by atoms with van der Waals surface area (Å²) < 4.78 is 32.5. The lowest BCUT2D eigenvalue weighted by atomic mass is 10.2. The van der Waals surface area contributed by atoms with Gasteiger partial charge < -0.3 is 10.1 Å². The standard InChI is InChI=1S/C19H13Cl3F2N4O4/c1-9-17(22)18(19(23)24)26-27(9)8-16(29)25-11-5-12(28(30)31)7-13(6-11)32-15-3-2-10(20)4-14(15)21/h2-7,19H,8H2,1H3,(H,25,29). The molecule has 1 N–H and O–H groups in total. The molecule has 168 valence electrons. The van der Waals surface area contributed by atoms with Gasteiger partial charge in [-0.3, -0.25) is 19.6 Å². The Bertz CT molecular complexity index is 1200. The van der Waals surface area contributed by atoms with Gasteiger partial charge in [0.15, 0.2) is 0 Å². The van der Waals surface area contributed by atoms with Crippen molar-refractivity contribution in [2.24, 2.45) is 0 Å². The largest absolute Gasteiger partial charge is 0.455 e. The summed E-state index contributed by atoms with van der Waals surface area (Å²) in [7, 11) is 0. The van der Waals surface area contributed by atoms with Crippen molar-refractivity contribution < 1.29 is 23.2 Å². The van der Waals surface area contributed by atoms with Gasteiger partial charge in [0.1, 0.15) is 23.7 Å². The molecule has 13 heteroatoms. The smallest absolute Gasteiger partial charge is 0.283 e. The first kappa shape index (κ1) is 23.7. The molecule has 0 aliphatic carbocycles. The number of hydrogen-bond acceptors (Lipinski definition) is 5. The molecule has 1 aromatic heterocycles. The number of halogens is 5. The lowest BCUT2D eigenvalue weighted by Crippen LogP contribution is -2.20. The van der Waals surface area contributed by atoms with E-state index in [1.165, 1.54) is 31.2 Å². The van der Waals surface area contributed by atoms with Crippen molar-refractivity contribution in [1.82, 2.24) is 9.78 Å². The number of amides is 1. The molecule has 0 aliphatic rings. The Morgan fingerprint density at radius 2 is 1.97 bits per heavy atom. The molecular weight excluding hydrogens is 493 g/mol. The summed E-state index contributed by atoms with van der Waals surface area (Å²) in [5, 5.41) is 17.7. The van der Waals surface area contributed by atoms with Crippen LogP contribution in [-0.4, -0.2) is 20.6 Å². The third-order valence-corrected chi connectivity index (χ3v) is 5.16. The molecule has 0 atom stereocenters. The highest BCUT2D eigenvalue weighted by Crippen LogP contribution is 2.35. The van der Waals surface area contributed by atoms with Crippen molar-refractivity contribution in [2.45, 2.75) is 19.9 Å². The van der Waals surface area contributed by atoms with Crippen LogP contribution < -0.4 is 10.1 Å². The molecule has 0 spiro atoms. The lowest BCUT2D eigenvalue weighted by Gasteiger charge is -2.11. The number of nitro groups is 1. The van der Waals surface area contributed by atoms with Gasteiger partial charge in [-0.15, -0.1) is 0 Å². The molecule has 0 unspecified atom stereocenters. The number of nitrogens with one attached hydrogen (secondary N) is 1. The Labute approximate surface area is 194 Å². The minimum absolute atomic E-state index is 0.0250. The maximum atomic E-state index is 12.9. The highest BCUT2D eigenvalue weighted by molar-refractivity contribution is 6.35. The van der Waals surface area contributed by atoms with E-state index in [1.807, 2.05) is 0 Å². The van der Waals surface area contributed by atoms with Gasteiger partial charge in [0.05, 0.1) is 32.4 Å². The van der Waals surface area contributed by atoms with E-state index in [-0.39, 0.29) is 38.6 Å². The minimum atomic E-state index is -2.90. The Morgan fingerprint density at radius 1 is 1.25 bits per heavy atom. The van der Waals surface area contributed by atoms with Crippen LogP contribution in [0.2, 0.25) is 15.1 Å². The van der Waals surface area contributed by atoms with Gasteiger partial charge in [0, 0.05) is 17.2 Å². The molecule has 0 fully saturated rings. The molecule has 0 aliphatic heterocycles. The number of benzene rings is 2. The summed E-state index contributed by atoms with van der Waals surface area (Å²) in [6.07, 6.45) is -2.90. The number of aromatic nitrogens is 2. The first-order valence-corrected chi connectivity index (χ1v) is 9.91. The summed E-state index contributed by atoms with van der Waals surface area (Å²) >= 11 is 17.7. The van der Waals surface area contributed by atoms with Crippen LogP contribution in [0.3, 0.4) is 0 Å². The highest BCUT2D eigenvalue weighted by atomic mass is 35.5. The fourth-order valence-corrected chi connectivity index (χ4v) is 3.35. The Kier molecular flexibility index (Phi) is 7.17. The van der Waals surface area contributed by atoms with Crippen LogP contribution in [0.15, 0.2) is 36.4 Å². The zero-order chi connectivity index (χ0) is 23.6. The number of rotatable bonds is 7. The van der Waals surface area contributed by atoms with Crippen molar-refractivity contribution in [3.05, 3.63) is 73.0 Å². The zero-order valence-corrected chi connectivity index (χ0v) is 18.4. The van der Waals surface area contributed by atoms with Crippen molar-refractivity contribution >= 4 is 52.1 Å². The second kappa shape index (κ2) is 9.68. The van der Waals surface area contributed by atoms with Crippen LogP contribution in [-0.2, 0) is 11.3 Å². The first-order valence-electron chi connectivity index (χ1n) is 8.78. The molecule has 0 radical (unpaired) electrons. The molecule has 32 heavy (non-hydrogen) atoms. The fourth-order valence-electron chi connectivity index (χ4n) is 2.68. The van der Waals surface area contributed by atoms with Gasteiger partial charge in [-0.25, -0.2) is 8.78 Å². The third-order valence-electron chi connectivity index (χ3n) is 4.17. The van der Waals surface area contributed by atoms with E-state index in [0.29, 0.717) is 5.02 Å². The monoisotopic (exact) mass is 504 g/mol. The number of hydrogen-bond donors (Lipinski definition) is 1. The van der Waals surface area contributed by atoms with Gasteiger partial charge in [-0.2, -0.15) is 5.10 Å². The number of non-ortho nitro benzene ring substituents is 1. The average molecular weight is 506 g/mol. The first-order chi connectivity index (χ1) is 15.0. The van der Waals surface area contributed by atoms with Crippen LogP contribution in [0.5, 0.6) is 11.5 Å². The van der Waals surface area contributed by atoms with Gasteiger partial charge in [0.2, 0.25) is 5.91 Å². The molecule has 1 amide bonds. The van der Waals surface area contributed by atoms with E-state index in [4.69, 9.17) is 39.5 Å². The number of carbonyl (C=O) groups excluding carboxylic acids is 1. The molecule has 1 heterocycles. The molecule has 0 bridgehead atoms. The molecular formula is C19H13Cl3F2N4O4. The molecule has 0 saturated heterocycles. The Hall–Kier alpha value is -2.95. The Balaban J connectivity index is 1.83. The van der Waals surface area contributed by atoms with Crippen molar-refractivity contribution in [2.75, 3.05) is 5.32 Å². The van der Waals surface area contributed by atoms with Crippen molar-refractivity contribution in [1.29, 1.82) is 0 Å². The predicted octanol–water partition coefficient (Wildman–Crippen LogP) is 6.43. The van der Waals surface area contributed by atoms with E-state index >= 15 is 0 Å². The van der Waals surface area contributed by atoms with E-state index in [1.54, 1.807) is 0 Å². The van der Waals surface area contributed by atoms with E-state index < -0.39 is 29.5 Å². The summed E-state index contributed by atoms with van der Waals surface area (Å²) in [4.78, 5) is 23.0. The summed E-state index contributed by atoms with van der Waals surface area (Å²) in [5.74, 6) is -0.462. The number of nitro benzene ring substituents is 1. The van der Waals surface area contributed by atoms with Crippen LogP contribution in [0.1, 0.15) is 17.8 Å². The van der Waals surface area contributed by atoms with Crippen molar-refractivity contribution in [3.8, 4) is 11.5 Å². The van der Waals surface area contributed by atoms with Crippen LogP contribution in [0.25, 0.3) is 0 Å². The summed E-state index contributed by atoms with van der Waals surface area (Å²) in [6, 6.07) is 8.03. The van der Waals surface area contributed by atoms with Gasteiger partial charge >= 0.3 is 0 Å². The lowest BCUT2D eigenvalue weighted by molar-refractivity contribution is -0.384. The molecule has 8 nitrogen and oxygen atoms in total. The topological polar surface area (TPSA) is 99.3 Å². The minimum Gasteiger partial charge on any atom is -0.455 e. The number of carbonyl (C=O) groups is 1. The Morgan fingerprint density at radius 3 is 2.56 bits per heavy atom. The van der Waals surface area contributed by atoms with E-state index in [0.717, 1.165) is 16.8 Å². The predicted molar refractivity (Wildman–Crippen MR) is 115 cm³/mol. The fraction of sp³-hybridized carbons (Fsp3) is 0.158. The van der Waals surface area contributed by atoms with Crippen molar-refractivity contribution in [3.63, 3.8) is 0 Å². The number of anilines is 1. The van der Waals surface area contributed by atoms with Gasteiger partial charge in [-0.1, -0.05) is 34.8 Å². The third kappa shape index (κ3) is 5.45. The molecule has 3 rings (SSSR count). The van der Waals surface area contributed by atoms with Gasteiger partial charge in [-0.05, 0) is 25.1 Å². The average Bonchev–Trinajstić information content (AvgIpc) is 2.98. The maximum absolute atomic E-state index is 12.9. The second-order valence-electron chi connectivity index (χ2n) is 6.44. The van der Waals surface area contributed by atoms with E-state index in [9.17, 15) is 23.7 Å². The zero-order valence-electron chi connectivity index (χ0n) is 16.1. The molecule has 0 saturated carbocycles. The molecule has 2 aromatic carbocycles. The van der Waals surface area contributed by atoms with Crippen LogP contribution >= 0.6 is 34.8 Å². The SMILES string of the molecule is Cc1c(Cl)c(C(F)F)nn1CC(=O)Nc1cc(Oc2ccc(Cl)cc2Cl)cc([N+](=O)[O-])c1. The van der Waals surface area contributed by atoms with E-state index in [2.05, 4.69) is 10.4 Å². The number of ether oxygens (including phenoxy) is 1. The number of alkyl halides is 2.